The maximum Gasteiger partial charge on any atom is 0.305 e. The number of aromatic nitrogens is 1. The number of nitrogens with zero attached hydrogens (tertiary/aromatic N) is 1. The second-order valence-corrected chi connectivity index (χ2v) is 3.57. The number of rotatable bonds is 3. The highest BCUT2D eigenvalue weighted by molar-refractivity contribution is 5.67. The average molecular weight is 208 g/mol. The molecular weight excluding hydrogens is 196 g/mol. The van der Waals surface area contributed by atoms with Gasteiger partial charge >= 0.3 is 5.97 Å². The number of hydrogen-bond donors (Lipinski definition) is 2. The van der Waals surface area contributed by atoms with Crippen LogP contribution in [-0.4, -0.2) is 16.1 Å². The average Bonchev–Trinajstić information content (AvgIpc) is 2.62. The number of carboxylic acid groups (broad SMARTS) is 1. The Kier molecular flexibility index (Phi) is 2.66. The fourth-order valence-electron chi connectivity index (χ4n) is 1.58. The number of carbonyl (C=O) groups is 1. The molecule has 0 saturated heterocycles. The predicted octanol–water partition coefficient (Wildman–Crippen LogP) is 0.586. The first-order valence-corrected chi connectivity index (χ1v) is 4.69. The van der Waals surface area contributed by atoms with E-state index < -0.39 is 12.0 Å². The van der Waals surface area contributed by atoms with Crippen molar-refractivity contribution in [2.75, 3.05) is 0 Å². The highest BCUT2D eigenvalue weighted by Gasteiger charge is 2.16. The molecule has 0 aliphatic carbocycles. The number of carboxylic acids is 1. The Morgan fingerprint density at radius 3 is 3.20 bits per heavy atom. The van der Waals surface area contributed by atoms with E-state index in [0.29, 0.717) is 13.2 Å². The van der Waals surface area contributed by atoms with Crippen molar-refractivity contribution < 1.29 is 14.6 Å². The fourth-order valence-corrected chi connectivity index (χ4v) is 1.58. The number of fused-ring (bicyclic) bond motifs is 1. The van der Waals surface area contributed by atoms with Gasteiger partial charge in [-0.05, 0) is 11.6 Å². The van der Waals surface area contributed by atoms with Crippen LogP contribution in [0.2, 0.25) is 0 Å². The standard InChI is InChI=1S/C10H12N2O3/c11-8(2-10(13)14)6-1-7-4-15-5-9(7)12-3-6/h1,3,8H,2,4-5,11H2,(H,13,14). The lowest BCUT2D eigenvalue weighted by molar-refractivity contribution is -0.137. The van der Waals surface area contributed by atoms with Crippen LogP contribution in [0.15, 0.2) is 12.3 Å². The monoisotopic (exact) mass is 208 g/mol. The van der Waals surface area contributed by atoms with Gasteiger partial charge in [-0.3, -0.25) is 9.78 Å². The summed E-state index contributed by atoms with van der Waals surface area (Å²) >= 11 is 0. The molecule has 2 heterocycles. The molecule has 0 spiro atoms. The minimum atomic E-state index is -0.903. The minimum absolute atomic E-state index is 0.0820. The first-order valence-electron chi connectivity index (χ1n) is 4.69. The molecule has 15 heavy (non-hydrogen) atoms. The molecule has 1 unspecified atom stereocenters. The number of aliphatic carboxylic acids is 1. The van der Waals surface area contributed by atoms with Crippen molar-refractivity contribution in [3.05, 3.63) is 29.1 Å². The van der Waals surface area contributed by atoms with Gasteiger partial charge in [0.25, 0.3) is 0 Å². The Hall–Kier alpha value is -1.46. The zero-order chi connectivity index (χ0) is 10.8. The molecular formula is C10H12N2O3. The molecule has 1 aliphatic rings. The van der Waals surface area contributed by atoms with Gasteiger partial charge in [0, 0.05) is 17.8 Å². The van der Waals surface area contributed by atoms with Crippen molar-refractivity contribution in [1.29, 1.82) is 0 Å². The lowest BCUT2D eigenvalue weighted by Crippen LogP contribution is -2.15. The zero-order valence-electron chi connectivity index (χ0n) is 8.14. The molecule has 0 aromatic carbocycles. The van der Waals surface area contributed by atoms with Gasteiger partial charge in [-0.2, -0.15) is 0 Å². The normalized spacial score (nSPS) is 16.1. The quantitative estimate of drug-likeness (QED) is 0.759. The fraction of sp³-hybridized carbons (Fsp3) is 0.400. The van der Waals surface area contributed by atoms with Crippen molar-refractivity contribution in [2.45, 2.75) is 25.7 Å². The molecule has 3 N–H and O–H groups in total. The van der Waals surface area contributed by atoms with Gasteiger partial charge in [0.1, 0.15) is 0 Å². The summed E-state index contributed by atoms with van der Waals surface area (Å²) in [6.45, 7) is 1.07. The van der Waals surface area contributed by atoms with Crippen LogP contribution in [-0.2, 0) is 22.7 Å². The van der Waals surface area contributed by atoms with Crippen molar-refractivity contribution in [2.24, 2.45) is 5.73 Å². The van der Waals surface area contributed by atoms with Gasteiger partial charge in [-0.1, -0.05) is 0 Å². The van der Waals surface area contributed by atoms with Crippen LogP contribution in [0.1, 0.15) is 29.3 Å². The van der Waals surface area contributed by atoms with E-state index in [4.69, 9.17) is 15.6 Å². The van der Waals surface area contributed by atoms with Crippen molar-refractivity contribution in [3.8, 4) is 0 Å². The third kappa shape index (κ3) is 2.14. The summed E-state index contributed by atoms with van der Waals surface area (Å²) in [7, 11) is 0. The first kappa shape index (κ1) is 10.1. The third-order valence-electron chi connectivity index (χ3n) is 2.40. The number of pyridine rings is 1. The SMILES string of the molecule is NC(CC(=O)O)c1cnc2c(c1)COC2. The van der Waals surface area contributed by atoms with Gasteiger partial charge in [0.15, 0.2) is 0 Å². The zero-order valence-corrected chi connectivity index (χ0v) is 8.14. The van der Waals surface area contributed by atoms with Gasteiger partial charge < -0.3 is 15.6 Å². The number of hydrogen-bond acceptors (Lipinski definition) is 4. The lowest BCUT2D eigenvalue weighted by Gasteiger charge is -2.09. The van der Waals surface area contributed by atoms with E-state index in [1.54, 1.807) is 6.20 Å². The van der Waals surface area contributed by atoms with Crippen molar-refractivity contribution in [3.63, 3.8) is 0 Å². The van der Waals surface area contributed by atoms with Crippen molar-refractivity contribution >= 4 is 5.97 Å². The predicted molar refractivity (Wildman–Crippen MR) is 51.9 cm³/mol. The molecule has 0 saturated carbocycles. The number of ether oxygens (including phenoxy) is 1. The maximum atomic E-state index is 10.5. The minimum Gasteiger partial charge on any atom is -0.481 e. The molecule has 0 fully saturated rings. The van der Waals surface area contributed by atoms with E-state index >= 15 is 0 Å². The molecule has 5 heteroatoms. The van der Waals surface area contributed by atoms with Crippen LogP contribution in [0.4, 0.5) is 0 Å². The van der Waals surface area contributed by atoms with Crippen LogP contribution in [0.3, 0.4) is 0 Å². The van der Waals surface area contributed by atoms with E-state index in [1.165, 1.54) is 0 Å². The van der Waals surface area contributed by atoms with Gasteiger partial charge in [0.05, 0.1) is 25.3 Å². The molecule has 0 bridgehead atoms. The van der Waals surface area contributed by atoms with E-state index in [1.807, 2.05) is 6.07 Å². The molecule has 1 aromatic heterocycles. The molecule has 2 rings (SSSR count). The van der Waals surface area contributed by atoms with Crippen LogP contribution < -0.4 is 5.73 Å². The summed E-state index contributed by atoms with van der Waals surface area (Å²) in [6.07, 6.45) is 1.54. The first-order chi connectivity index (χ1) is 7.16. The second-order valence-electron chi connectivity index (χ2n) is 3.57. The van der Waals surface area contributed by atoms with Crippen LogP contribution in [0.5, 0.6) is 0 Å². The van der Waals surface area contributed by atoms with Gasteiger partial charge in [0.2, 0.25) is 0 Å². The third-order valence-corrected chi connectivity index (χ3v) is 2.40. The molecule has 0 amide bonds. The van der Waals surface area contributed by atoms with Crippen LogP contribution >= 0.6 is 0 Å². The largest absolute Gasteiger partial charge is 0.481 e. The van der Waals surface area contributed by atoms with Gasteiger partial charge in [-0.25, -0.2) is 0 Å². The molecule has 0 radical (unpaired) electrons. The van der Waals surface area contributed by atoms with E-state index in [2.05, 4.69) is 4.98 Å². The van der Waals surface area contributed by atoms with Crippen molar-refractivity contribution in [1.82, 2.24) is 4.98 Å². The highest BCUT2D eigenvalue weighted by Crippen LogP contribution is 2.21. The van der Waals surface area contributed by atoms with Crippen LogP contribution in [0.25, 0.3) is 0 Å². The van der Waals surface area contributed by atoms with E-state index in [0.717, 1.165) is 16.8 Å². The van der Waals surface area contributed by atoms with E-state index in [9.17, 15) is 4.79 Å². The lowest BCUT2D eigenvalue weighted by atomic mass is 10.0. The summed E-state index contributed by atoms with van der Waals surface area (Å²) in [4.78, 5) is 14.7. The summed E-state index contributed by atoms with van der Waals surface area (Å²) in [5, 5.41) is 8.61. The Morgan fingerprint density at radius 2 is 2.47 bits per heavy atom. The summed E-state index contributed by atoms with van der Waals surface area (Å²) in [6, 6.07) is 1.38. The molecule has 1 aliphatic heterocycles. The van der Waals surface area contributed by atoms with Gasteiger partial charge in [-0.15, -0.1) is 0 Å². The second kappa shape index (κ2) is 3.96. The Labute approximate surface area is 86.9 Å². The molecule has 80 valence electrons. The molecule has 5 nitrogen and oxygen atoms in total. The summed E-state index contributed by atoms with van der Waals surface area (Å²) < 4.78 is 5.21. The summed E-state index contributed by atoms with van der Waals surface area (Å²) in [5.74, 6) is -0.903. The number of nitrogens with two attached hydrogens (primary N) is 1. The topological polar surface area (TPSA) is 85.4 Å². The summed E-state index contributed by atoms with van der Waals surface area (Å²) in [5.41, 5.74) is 8.41. The van der Waals surface area contributed by atoms with E-state index in [-0.39, 0.29) is 6.42 Å². The maximum absolute atomic E-state index is 10.5. The van der Waals surface area contributed by atoms with Crippen LogP contribution in [0, 0.1) is 0 Å². The molecule has 1 aromatic rings. The Balaban J connectivity index is 2.19. The Bertz CT molecular complexity index is 392. The Morgan fingerprint density at radius 1 is 1.67 bits per heavy atom. The molecule has 1 atom stereocenters. The highest BCUT2D eigenvalue weighted by atomic mass is 16.5. The smallest absolute Gasteiger partial charge is 0.305 e.